The van der Waals surface area contributed by atoms with Gasteiger partial charge in [-0.25, -0.2) is 4.79 Å². The SMILES string of the molecule is CC#CCn1c(N2CCNCC2)nc2nc(Oc3cccc(C#N)c3)n(C)c(=O)c21.O=C(O)C(F)(F)F. The van der Waals surface area contributed by atoms with Crippen LogP contribution in [0.4, 0.5) is 19.1 Å². The van der Waals surface area contributed by atoms with Gasteiger partial charge in [0.2, 0.25) is 5.95 Å². The van der Waals surface area contributed by atoms with Crippen LogP contribution in [0.1, 0.15) is 12.5 Å². The standard InChI is InChI=1S/C21H21N7O2.C2HF3O2/c1-3-4-10-28-17-18(24-20(28)27-11-8-23-9-12-27)25-21(26(2)19(17)29)30-16-7-5-6-15(13-16)14-22;3-2(4,5)1(6)7/h5-7,13,23H,8-12H2,1-2H3;(H,6,7). The number of rotatable bonds is 4. The lowest BCUT2D eigenvalue weighted by atomic mass is 10.2. The number of benzene rings is 1. The molecule has 4 rings (SSSR count). The third kappa shape index (κ3) is 6.36. The number of anilines is 1. The number of aromatic nitrogens is 4. The quantitative estimate of drug-likeness (QED) is 0.497. The van der Waals surface area contributed by atoms with Crippen LogP contribution >= 0.6 is 0 Å². The van der Waals surface area contributed by atoms with Crippen LogP contribution in [0, 0.1) is 23.2 Å². The molecule has 194 valence electrons. The van der Waals surface area contributed by atoms with Gasteiger partial charge in [-0.2, -0.15) is 28.4 Å². The zero-order chi connectivity index (χ0) is 27.2. The molecule has 0 amide bonds. The molecule has 1 saturated heterocycles. The van der Waals surface area contributed by atoms with Gasteiger partial charge in [0.15, 0.2) is 11.2 Å². The number of piperazine rings is 1. The normalized spacial score (nSPS) is 13.1. The van der Waals surface area contributed by atoms with Crippen LogP contribution in [0.15, 0.2) is 29.1 Å². The van der Waals surface area contributed by atoms with E-state index in [4.69, 9.17) is 19.9 Å². The van der Waals surface area contributed by atoms with E-state index in [-0.39, 0.29) is 11.6 Å². The Morgan fingerprint density at radius 3 is 2.54 bits per heavy atom. The zero-order valence-electron chi connectivity index (χ0n) is 19.8. The maximum Gasteiger partial charge on any atom is 0.490 e. The molecule has 1 fully saturated rings. The Bertz CT molecular complexity index is 1460. The van der Waals surface area contributed by atoms with E-state index in [9.17, 15) is 18.0 Å². The molecule has 0 aliphatic carbocycles. The third-order valence-corrected chi connectivity index (χ3v) is 5.15. The van der Waals surface area contributed by atoms with Crippen LogP contribution in [0.5, 0.6) is 11.8 Å². The zero-order valence-corrected chi connectivity index (χ0v) is 19.8. The fraction of sp³-hybridized carbons (Fsp3) is 0.348. The summed E-state index contributed by atoms with van der Waals surface area (Å²) in [6.07, 6.45) is -5.08. The lowest BCUT2D eigenvalue weighted by Crippen LogP contribution is -2.44. The molecular formula is C23H22F3N7O4. The van der Waals surface area contributed by atoms with Crippen LogP contribution in [0.25, 0.3) is 11.2 Å². The number of ether oxygens (including phenoxy) is 1. The van der Waals surface area contributed by atoms with E-state index < -0.39 is 12.1 Å². The van der Waals surface area contributed by atoms with E-state index in [2.05, 4.69) is 38.1 Å². The fourth-order valence-corrected chi connectivity index (χ4v) is 3.37. The van der Waals surface area contributed by atoms with Crippen molar-refractivity contribution in [3.8, 4) is 29.7 Å². The van der Waals surface area contributed by atoms with Gasteiger partial charge in [-0.15, -0.1) is 5.92 Å². The minimum absolute atomic E-state index is 0.112. The van der Waals surface area contributed by atoms with Crippen LogP contribution in [0.2, 0.25) is 0 Å². The second kappa shape index (κ2) is 11.5. The summed E-state index contributed by atoms with van der Waals surface area (Å²) in [5.74, 6) is 4.26. The number of imidazole rings is 1. The molecule has 1 aromatic carbocycles. The number of carboxylic acid groups (broad SMARTS) is 1. The Hall–Kier alpha value is -4.56. The highest BCUT2D eigenvalue weighted by Crippen LogP contribution is 2.24. The molecule has 0 saturated carbocycles. The van der Waals surface area contributed by atoms with Crippen molar-refractivity contribution in [2.45, 2.75) is 19.6 Å². The molecule has 3 heterocycles. The summed E-state index contributed by atoms with van der Waals surface area (Å²) >= 11 is 0. The van der Waals surface area contributed by atoms with Crippen molar-refractivity contribution in [2.24, 2.45) is 7.05 Å². The minimum atomic E-state index is -5.08. The van der Waals surface area contributed by atoms with Gasteiger partial charge in [0.1, 0.15) is 5.75 Å². The van der Waals surface area contributed by atoms with Crippen molar-refractivity contribution in [2.75, 3.05) is 31.1 Å². The summed E-state index contributed by atoms with van der Waals surface area (Å²) in [6, 6.07) is 8.87. The van der Waals surface area contributed by atoms with Crippen molar-refractivity contribution in [1.29, 1.82) is 5.26 Å². The molecule has 2 N–H and O–H groups in total. The average Bonchev–Trinajstić information content (AvgIpc) is 3.24. The van der Waals surface area contributed by atoms with E-state index in [0.29, 0.717) is 35.0 Å². The number of carboxylic acids is 1. The Balaban J connectivity index is 0.000000479. The minimum Gasteiger partial charge on any atom is -0.475 e. The molecule has 0 spiro atoms. The summed E-state index contributed by atoms with van der Waals surface area (Å²) in [5.41, 5.74) is 0.906. The Morgan fingerprint density at radius 1 is 1.27 bits per heavy atom. The number of carbonyl (C=O) groups is 1. The summed E-state index contributed by atoms with van der Waals surface area (Å²) in [7, 11) is 1.60. The summed E-state index contributed by atoms with van der Waals surface area (Å²) < 4.78 is 40.7. The van der Waals surface area contributed by atoms with Crippen molar-refractivity contribution in [3.05, 3.63) is 40.2 Å². The maximum absolute atomic E-state index is 13.2. The second-order valence-corrected chi connectivity index (χ2v) is 7.64. The number of hydrogen-bond donors (Lipinski definition) is 2. The number of halogens is 3. The first-order chi connectivity index (χ1) is 17.6. The molecule has 37 heavy (non-hydrogen) atoms. The largest absolute Gasteiger partial charge is 0.490 e. The Kier molecular flexibility index (Phi) is 8.37. The summed E-state index contributed by atoms with van der Waals surface area (Å²) in [4.78, 5) is 33.4. The van der Waals surface area contributed by atoms with E-state index >= 15 is 0 Å². The van der Waals surface area contributed by atoms with Gasteiger partial charge in [-0.05, 0) is 25.1 Å². The number of hydrogen-bond acceptors (Lipinski definition) is 8. The van der Waals surface area contributed by atoms with Crippen molar-refractivity contribution < 1.29 is 27.8 Å². The van der Waals surface area contributed by atoms with E-state index in [1.165, 1.54) is 4.57 Å². The van der Waals surface area contributed by atoms with Crippen molar-refractivity contribution >= 4 is 23.1 Å². The lowest BCUT2D eigenvalue weighted by Gasteiger charge is -2.28. The first kappa shape index (κ1) is 27.0. The molecule has 3 aromatic rings. The van der Waals surface area contributed by atoms with Gasteiger partial charge in [0.05, 0.1) is 18.2 Å². The summed E-state index contributed by atoms with van der Waals surface area (Å²) in [5, 5.41) is 19.5. The smallest absolute Gasteiger partial charge is 0.475 e. The highest BCUT2D eigenvalue weighted by atomic mass is 19.4. The van der Waals surface area contributed by atoms with Crippen LogP contribution in [-0.2, 0) is 18.4 Å². The first-order valence-electron chi connectivity index (χ1n) is 10.9. The number of nitrogens with zero attached hydrogens (tertiary/aromatic N) is 6. The Morgan fingerprint density at radius 2 is 1.95 bits per heavy atom. The molecule has 1 aliphatic rings. The van der Waals surface area contributed by atoms with E-state index in [0.717, 1.165) is 26.2 Å². The highest BCUT2D eigenvalue weighted by Gasteiger charge is 2.38. The molecule has 0 bridgehead atoms. The number of nitrogens with one attached hydrogen (secondary N) is 1. The number of alkyl halides is 3. The molecular weight excluding hydrogens is 495 g/mol. The lowest BCUT2D eigenvalue weighted by molar-refractivity contribution is -0.192. The third-order valence-electron chi connectivity index (χ3n) is 5.15. The molecule has 2 aromatic heterocycles. The average molecular weight is 517 g/mol. The monoisotopic (exact) mass is 517 g/mol. The predicted octanol–water partition coefficient (Wildman–Crippen LogP) is 1.86. The van der Waals surface area contributed by atoms with Gasteiger partial charge in [0.25, 0.3) is 5.56 Å². The van der Waals surface area contributed by atoms with Gasteiger partial charge in [-0.3, -0.25) is 13.9 Å². The molecule has 14 heteroatoms. The predicted molar refractivity (Wildman–Crippen MR) is 126 cm³/mol. The number of fused-ring (bicyclic) bond motifs is 1. The topological polar surface area (TPSA) is 138 Å². The van der Waals surface area contributed by atoms with Crippen molar-refractivity contribution in [3.63, 3.8) is 0 Å². The van der Waals surface area contributed by atoms with Gasteiger partial charge in [-0.1, -0.05) is 12.0 Å². The molecule has 0 unspecified atom stereocenters. The molecule has 1 aliphatic heterocycles. The summed E-state index contributed by atoms with van der Waals surface area (Å²) in [6.45, 7) is 5.38. The van der Waals surface area contributed by atoms with Gasteiger partial charge >= 0.3 is 18.2 Å². The molecule has 11 nitrogen and oxygen atoms in total. The van der Waals surface area contributed by atoms with Crippen LogP contribution in [0.3, 0.4) is 0 Å². The number of aliphatic carboxylic acids is 1. The number of nitriles is 1. The van der Waals surface area contributed by atoms with Crippen LogP contribution in [-0.4, -0.2) is 62.5 Å². The highest BCUT2D eigenvalue weighted by molar-refractivity contribution is 5.75. The first-order valence-corrected chi connectivity index (χ1v) is 10.9. The fourth-order valence-electron chi connectivity index (χ4n) is 3.37. The second-order valence-electron chi connectivity index (χ2n) is 7.64. The molecule has 0 radical (unpaired) electrons. The Labute approximate surface area is 208 Å². The van der Waals surface area contributed by atoms with E-state index in [1.54, 1.807) is 38.2 Å². The van der Waals surface area contributed by atoms with Crippen LogP contribution < -0.4 is 20.5 Å². The maximum atomic E-state index is 13.2. The van der Waals surface area contributed by atoms with E-state index in [1.807, 2.05) is 4.57 Å². The van der Waals surface area contributed by atoms with Gasteiger partial charge < -0.3 is 20.1 Å². The van der Waals surface area contributed by atoms with Crippen molar-refractivity contribution in [1.82, 2.24) is 24.4 Å². The van der Waals surface area contributed by atoms with Gasteiger partial charge in [0, 0.05) is 33.2 Å². The molecule has 0 atom stereocenters.